The van der Waals surface area contributed by atoms with Gasteiger partial charge in [0.25, 0.3) is 0 Å². The summed E-state index contributed by atoms with van der Waals surface area (Å²) in [6, 6.07) is 29.8. The molecule has 3 saturated heterocycles. The molecule has 0 aromatic heterocycles. The fraction of sp³-hybridized carbons (Fsp3) is 0.429. The van der Waals surface area contributed by atoms with E-state index in [4.69, 9.17) is 14.2 Å². The number of quaternary nitrogens is 1. The van der Waals surface area contributed by atoms with E-state index < -0.39 is 23.8 Å². The molecule has 3 heterocycles. The zero-order valence-corrected chi connectivity index (χ0v) is 23.8. The first-order valence-corrected chi connectivity index (χ1v) is 15.1. The lowest BCUT2D eigenvalue weighted by atomic mass is 9.85. The van der Waals surface area contributed by atoms with Crippen molar-refractivity contribution in [2.24, 2.45) is 0 Å². The fourth-order valence-electron chi connectivity index (χ4n) is 7.77. The van der Waals surface area contributed by atoms with Crippen molar-refractivity contribution in [3.05, 3.63) is 108 Å². The molecule has 3 aliphatic heterocycles. The van der Waals surface area contributed by atoms with Gasteiger partial charge < -0.3 is 18.7 Å². The molecule has 6 heteroatoms. The van der Waals surface area contributed by atoms with E-state index in [0.29, 0.717) is 29.6 Å². The van der Waals surface area contributed by atoms with Crippen LogP contribution in [-0.2, 0) is 35.8 Å². The van der Waals surface area contributed by atoms with Crippen molar-refractivity contribution in [2.45, 2.75) is 81.9 Å². The number of rotatable bonds is 9. The molecule has 6 rings (SSSR count). The van der Waals surface area contributed by atoms with Crippen LogP contribution in [0.25, 0.3) is 0 Å². The third-order valence-corrected chi connectivity index (χ3v) is 9.53. The number of nitrogens with zero attached hydrogens (tertiary/aromatic N) is 1. The molecule has 3 atom stereocenters. The van der Waals surface area contributed by atoms with Gasteiger partial charge in [-0.1, -0.05) is 91.0 Å². The third-order valence-electron chi connectivity index (χ3n) is 9.53. The average molecular weight is 555 g/mol. The van der Waals surface area contributed by atoms with E-state index in [9.17, 15) is 9.59 Å². The van der Waals surface area contributed by atoms with Gasteiger partial charge in [0.05, 0.1) is 25.2 Å². The van der Waals surface area contributed by atoms with Gasteiger partial charge in [0, 0.05) is 51.9 Å². The number of carbonyl (C=O) groups excluding carboxylic acids is 2. The van der Waals surface area contributed by atoms with Gasteiger partial charge in [0.1, 0.15) is 6.10 Å². The maximum Gasteiger partial charge on any atom is 0.348 e. The van der Waals surface area contributed by atoms with Gasteiger partial charge in [-0.15, -0.1) is 0 Å². The summed E-state index contributed by atoms with van der Waals surface area (Å²) in [7, 11) is 0. The Hall–Kier alpha value is -3.48. The topological polar surface area (TPSA) is 61.8 Å². The monoisotopic (exact) mass is 554 g/mol. The number of benzene rings is 3. The minimum absolute atomic E-state index is 0.166. The first kappa shape index (κ1) is 27.7. The normalized spacial score (nSPS) is 23.7. The van der Waals surface area contributed by atoms with Crippen LogP contribution in [0.1, 0.15) is 62.1 Å². The van der Waals surface area contributed by atoms with E-state index in [1.165, 1.54) is 50.2 Å². The maximum atomic E-state index is 14.7. The van der Waals surface area contributed by atoms with Crippen molar-refractivity contribution >= 4 is 11.9 Å². The second kappa shape index (κ2) is 11.8. The molecule has 6 nitrogen and oxygen atoms in total. The van der Waals surface area contributed by atoms with Crippen LogP contribution in [0.4, 0.5) is 0 Å². The lowest BCUT2D eigenvalue weighted by molar-refractivity contribution is -0.956. The zero-order valence-electron chi connectivity index (χ0n) is 23.8. The highest BCUT2D eigenvalue weighted by Crippen LogP contribution is 2.47. The van der Waals surface area contributed by atoms with Crippen LogP contribution in [-0.4, -0.2) is 54.0 Å². The number of hydrogen-bond acceptors (Lipinski definition) is 5. The van der Waals surface area contributed by atoms with Crippen molar-refractivity contribution in [3.63, 3.8) is 0 Å². The molecule has 3 aliphatic rings. The summed E-state index contributed by atoms with van der Waals surface area (Å²) in [5.74, 6) is -0.933. The van der Waals surface area contributed by atoms with Crippen LogP contribution in [0.2, 0.25) is 0 Å². The SMILES string of the molecule is CC(=O)OC(Cc1ccccc1)OC(C(=O)OC1CC2CCC(C1)[N+]21CCCC1)(c1ccccc1)c1ccccc1. The van der Waals surface area contributed by atoms with Gasteiger partial charge in [-0.25, -0.2) is 4.79 Å². The van der Waals surface area contributed by atoms with Crippen LogP contribution in [0.3, 0.4) is 0 Å². The molecule has 3 fully saturated rings. The molecule has 41 heavy (non-hydrogen) atoms. The Balaban J connectivity index is 1.36. The molecule has 1 spiro atoms. The predicted molar refractivity (Wildman–Crippen MR) is 156 cm³/mol. The molecule has 0 N–H and O–H groups in total. The lowest BCUT2D eigenvalue weighted by Gasteiger charge is -2.47. The minimum atomic E-state index is -1.62. The summed E-state index contributed by atoms with van der Waals surface area (Å²) in [6.07, 6.45) is 5.92. The van der Waals surface area contributed by atoms with Gasteiger partial charge >= 0.3 is 11.9 Å². The number of carbonyl (C=O) groups is 2. The number of piperidine rings is 1. The van der Waals surface area contributed by atoms with Crippen LogP contribution < -0.4 is 0 Å². The molecule has 3 aromatic carbocycles. The lowest BCUT2D eigenvalue weighted by Crippen LogP contribution is -2.60. The van der Waals surface area contributed by atoms with Crippen LogP contribution in [0.5, 0.6) is 0 Å². The van der Waals surface area contributed by atoms with Gasteiger partial charge in [0.2, 0.25) is 11.9 Å². The largest absolute Gasteiger partial charge is 0.459 e. The Morgan fingerprint density at radius 3 is 1.83 bits per heavy atom. The molecule has 0 aliphatic carbocycles. The summed E-state index contributed by atoms with van der Waals surface area (Å²) in [4.78, 5) is 26.9. The second-order valence-electron chi connectivity index (χ2n) is 11.9. The molecule has 214 valence electrons. The van der Waals surface area contributed by atoms with Crippen molar-refractivity contribution in [2.75, 3.05) is 13.1 Å². The van der Waals surface area contributed by atoms with E-state index in [1.54, 1.807) is 0 Å². The molecule has 3 unspecified atom stereocenters. The fourth-order valence-corrected chi connectivity index (χ4v) is 7.77. The molecule has 0 radical (unpaired) electrons. The van der Waals surface area contributed by atoms with E-state index in [0.717, 1.165) is 18.4 Å². The van der Waals surface area contributed by atoms with Crippen molar-refractivity contribution < 1.29 is 28.3 Å². The zero-order chi connectivity index (χ0) is 28.3. The molecule has 0 amide bonds. The molecule has 0 saturated carbocycles. The van der Waals surface area contributed by atoms with Crippen molar-refractivity contribution in [1.82, 2.24) is 0 Å². The third kappa shape index (κ3) is 5.43. The first-order chi connectivity index (χ1) is 20.0. The van der Waals surface area contributed by atoms with E-state index in [-0.39, 0.29) is 6.10 Å². The predicted octanol–water partition coefficient (Wildman–Crippen LogP) is 5.93. The summed E-state index contributed by atoms with van der Waals surface area (Å²) in [6.45, 7) is 3.89. The smallest absolute Gasteiger partial charge is 0.348 e. The summed E-state index contributed by atoms with van der Waals surface area (Å²) in [5, 5.41) is 0. The van der Waals surface area contributed by atoms with Crippen molar-refractivity contribution in [1.29, 1.82) is 0 Å². The summed E-state index contributed by atoms with van der Waals surface area (Å²) < 4.78 is 20.2. The Labute approximate surface area is 242 Å². The van der Waals surface area contributed by atoms with Crippen molar-refractivity contribution in [3.8, 4) is 0 Å². The summed E-state index contributed by atoms with van der Waals surface area (Å²) in [5.41, 5.74) is 0.602. The van der Waals surface area contributed by atoms with Crippen LogP contribution in [0.15, 0.2) is 91.0 Å². The molecule has 3 aromatic rings. The Kier molecular flexibility index (Phi) is 7.96. The molecular weight excluding hydrogens is 514 g/mol. The number of esters is 2. The van der Waals surface area contributed by atoms with Gasteiger partial charge in [-0.2, -0.15) is 0 Å². The standard InChI is InChI=1S/C35H40NO5/c1-26(37)39-33(23-27-13-5-2-6-14-27)41-35(28-15-7-3-8-16-28,29-17-9-4-10-18-29)34(38)40-32-24-30-19-20-31(25-32)36(30)21-11-12-22-36/h2-10,13-18,30-33H,11-12,19-25H2,1H3/q+1. The van der Waals surface area contributed by atoms with E-state index in [2.05, 4.69) is 0 Å². The highest BCUT2D eigenvalue weighted by molar-refractivity contribution is 5.86. The highest BCUT2D eigenvalue weighted by atomic mass is 16.7. The average Bonchev–Trinajstić information content (AvgIpc) is 3.53. The first-order valence-electron chi connectivity index (χ1n) is 15.1. The Morgan fingerprint density at radius 2 is 1.32 bits per heavy atom. The van der Waals surface area contributed by atoms with Gasteiger partial charge in [-0.3, -0.25) is 4.79 Å². The molecular formula is C35H40NO5+. The second-order valence-corrected chi connectivity index (χ2v) is 11.9. The Bertz CT molecular complexity index is 1270. The quantitative estimate of drug-likeness (QED) is 0.187. The highest BCUT2D eigenvalue weighted by Gasteiger charge is 2.57. The van der Waals surface area contributed by atoms with Gasteiger partial charge in [0.15, 0.2) is 0 Å². The van der Waals surface area contributed by atoms with E-state index in [1.807, 2.05) is 91.0 Å². The Morgan fingerprint density at radius 1 is 0.805 bits per heavy atom. The van der Waals surface area contributed by atoms with E-state index >= 15 is 0 Å². The minimum Gasteiger partial charge on any atom is -0.459 e. The number of hydrogen-bond donors (Lipinski definition) is 0. The summed E-state index contributed by atoms with van der Waals surface area (Å²) >= 11 is 0. The molecule has 2 bridgehead atoms. The number of ether oxygens (including phenoxy) is 3. The van der Waals surface area contributed by atoms with Crippen LogP contribution >= 0.6 is 0 Å². The maximum absolute atomic E-state index is 14.7. The van der Waals surface area contributed by atoms with Gasteiger partial charge in [-0.05, 0) is 16.7 Å². The van der Waals surface area contributed by atoms with Crippen LogP contribution in [0, 0.1) is 0 Å².